The van der Waals surface area contributed by atoms with E-state index in [2.05, 4.69) is 0 Å². The minimum Gasteiger partial charge on any atom is -0.342 e. The van der Waals surface area contributed by atoms with E-state index in [1.54, 1.807) is 23.1 Å². The van der Waals surface area contributed by atoms with Crippen molar-refractivity contribution in [3.05, 3.63) is 28.2 Å². The van der Waals surface area contributed by atoms with Crippen LogP contribution >= 0.6 is 23.2 Å². The maximum absolute atomic E-state index is 12.7. The summed E-state index contributed by atoms with van der Waals surface area (Å²) in [6.45, 7) is 2.00. The lowest BCUT2D eigenvalue weighted by Crippen LogP contribution is -2.38. The third-order valence-corrected chi connectivity index (χ3v) is 5.42. The molecule has 2 aliphatic rings. The molecular formula is C17H20Cl2N2O2. The normalized spacial score (nSPS) is 22.3. The van der Waals surface area contributed by atoms with Crippen LogP contribution in [-0.4, -0.2) is 36.3 Å². The van der Waals surface area contributed by atoms with Gasteiger partial charge in [-0.3, -0.25) is 9.59 Å². The number of carbonyl (C=O) groups excluding carboxylic acids is 2. The zero-order valence-electron chi connectivity index (χ0n) is 12.9. The molecule has 2 fully saturated rings. The van der Waals surface area contributed by atoms with Crippen LogP contribution in [-0.2, 0) is 9.59 Å². The first kappa shape index (κ1) is 16.6. The fourth-order valence-corrected chi connectivity index (χ4v) is 3.75. The Kier molecular flexibility index (Phi) is 5.12. The molecule has 0 aliphatic carbocycles. The molecule has 1 aromatic rings. The molecular weight excluding hydrogens is 335 g/mol. The van der Waals surface area contributed by atoms with Gasteiger partial charge in [0.25, 0.3) is 0 Å². The molecule has 0 spiro atoms. The van der Waals surface area contributed by atoms with Crippen molar-refractivity contribution in [1.29, 1.82) is 0 Å². The summed E-state index contributed by atoms with van der Waals surface area (Å²) in [5.74, 6) is -0.251. The van der Waals surface area contributed by atoms with Crippen LogP contribution in [0.1, 0.15) is 32.1 Å². The summed E-state index contributed by atoms with van der Waals surface area (Å²) in [6.07, 6.45) is 4.71. The average Bonchev–Trinajstić information content (AvgIpc) is 2.76. The van der Waals surface area contributed by atoms with Gasteiger partial charge in [-0.15, -0.1) is 0 Å². The lowest BCUT2D eigenvalue weighted by atomic mass is 10.1. The number of halogens is 2. The van der Waals surface area contributed by atoms with E-state index in [9.17, 15) is 9.59 Å². The summed E-state index contributed by atoms with van der Waals surface area (Å²) < 4.78 is 0. The minimum absolute atomic E-state index is 0.0673. The Hall–Kier alpha value is -1.26. The molecule has 4 nitrogen and oxygen atoms in total. The minimum atomic E-state index is -0.282. The molecule has 23 heavy (non-hydrogen) atoms. The summed E-state index contributed by atoms with van der Waals surface area (Å²) in [4.78, 5) is 28.6. The van der Waals surface area contributed by atoms with Crippen LogP contribution in [0.25, 0.3) is 0 Å². The summed E-state index contributed by atoms with van der Waals surface area (Å²) in [5.41, 5.74) is 0.593. The predicted molar refractivity (Wildman–Crippen MR) is 92.0 cm³/mol. The van der Waals surface area contributed by atoms with Crippen LogP contribution in [0, 0.1) is 5.92 Å². The maximum Gasteiger partial charge on any atom is 0.228 e. The largest absolute Gasteiger partial charge is 0.342 e. The van der Waals surface area contributed by atoms with Crippen LogP contribution in [0.5, 0.6) is 0 Å². The van der Waals surface area contributed by atoms with E-state index in [0.717, 1.165) is 25.9 Å². The molecule has 0 N–H and O–H groups in total. The van der Waals surface area contributed by atoms with E-state index in [1.807, 2.05) is 4.90 Å². The maximum atomic E-state index is 12.7. The molecule has 0 aromatic heterocycles. The van der Waals surface area contributed by atoms with Crippen molar-refractivity contribution >= 4 is 40.7 Å². The number of amides is 2. The fourth-order valence-electron chi connectivity index (χ4n) is 3.36. The van der Waals surface area contributed by atoms with Crippen molar-refractivity contribution in [2.75, 3.05) is 24.5 Å². The van der Waals surface area contributed by atoms with Gasteiger partial charge in [-0.25, -0.2) is 0 Å². The van der Waals surface area contributed by atoms with Gasteiger partial charge in [0, 0.05) is 26.1 Å². The first-order valence-corrected chi connectivity index (χ1v) is 8.86. The van der Waals surface area contributed by atoms with Crippen molar-refractivity contribution in [1.82, 2.24) is 4.90 Å². The summed E-state index contributed by atoms with van der Waals surface area (Å²) in [6, 6.07) is 5.22. The summed E-state index contributed by atoms with van der Waals surface area (Å²) >= 11 is 12.2. The highest BCUT2D eigenvalue weighted by Gasteiger charge is 2.38. The van der Waals surface area contributed by atoms with E-state index in [1.165, 1.54) is 12.8 Å². The number of rotatable bonds is 2. The zero-order valence-corrected chi connectivity index (χ0v) is 14.4. The van der Waals surface area contributed by atoms with Crippen LogP contribution in [0.2, 0.25) is 10.0 Å². The van der Waals surface area contributed by atoms with E-state index >= 15 is 0 Å². The third kappa shape index (κ3) is 3.48. The standard InChI is InChI=1S/C17H20Cl2N2O2/c18-13-6-5-7-14(16(13)19)21-11-12(10-15(21)22)17(23)20-8-3-1-2-4-9-20/h5-7,12H,1-4,8-11H2. The van der Waals surface area contributed by atoms with Crippen molar-refractivity contribution < 1.29 is 9.59 Å². The molecule has 0 bridgehead atoms. The molecule has 2 amide bonds. The highest BCUT2D eigenvalue weighted by molar-refractivity contribution is 6.44. The van der Waals surface area contributed by atoms with Gasteiger partial charge >= 0.3 is 0 Å². The molecule has 124 valence electrons. The molecule has 0 saturated carbocycles. The van der Waals surface area contributed by atoms with Crippen molar-refractivity contribution in [3.63, 3.8) is 0 Å². The molecule has 1 unspecified atom stereocenters. The third-order valence-electron chi connectivity index (χ3n) is 4.61. The van der Waals surface area contributed by atoms with Gasteiger partial charge < -0.3 is 9.80 Å². The molecule has 1 aromatic carbocycles. The van der Waals surface area contributed by atoms with Gasteiger partial charge in [0.15, 0.2) is 0 Å². The molecule has 2 aliphatic heterocycles. The van der Waals surface area contributed by atoms with Gasteiger partial charge in [0.2, 0.25) is 11.8 Å². The lowest BCUT2D eigenvalue weighted by Gasteiger charge is -2.24. The van der Waals surface area contributed by atoms with E-state index < -0.39 is 0 Å². The van der Waals surface area contributed by atoms with Gasteiger partial charge in [0.05, 0.1) is 21.7 Å². The average molecular weight is 355 g/mol. The Morgan fingerprint density at radius 1 is 1.09 bits per heavy atom. The second-order valence-corrected chi connectivity index (χ2v) is 7.00. The Morgan fingerprint density at radius 2 is 1.78 bits per heavy atom. The van der Waals surface area contributed by atoms with Crippen LogP contribution < -0.4 is 4.90 Å². The second kappa shape index (κ2) is 7.10. The highest BCUT2D eigenvalue weighted by Crippen LogP contribution is 2.36. The number of nitrogens with zero attached hydrogens (tertiary/aromatic N) is 2. The quantitative estimate of drug-likeness (QED) is 0.811. The SMILES string of the molecule is O=C(C1CC(=O)N(c2cccc(Cl)c2Cl)C1)N1CCCCCC1. The van der Waals surface area contributed by atoms with E-state index in [0.29, 0.717) is 22.3 Å². The monoisotopic (exact) mass is 354 g/mol. The number of carbonyl (C=O) groups is 2. The van der Waals surface area contributed by atoms with Crippen molar-refractivity contribution in [3.8, 4) is 0 Å². The van der Waals surface area contributed by atoms with Gasteiger partial charge in [-0.05, 0) is 25.0 Å². The molecule has 0 radical (unpaired) electrons. The van der Waals surface area contributed by atoms with Crippen LogP contribution in [0.4, 0.5) is 5.69 Å². The first-order valence-electron chi connectivity index (χ1n) is 8.11. The van der Waals surface area contributed by atoms with Gasteiger partial charge in [0.1, 0.15) is 0 Å². The zero-order chi connectivity index (χ0) is 16.4. The number of hydrogen-bond donors (Lipinski definition) is 0. The number of anilines is 1. The molecule has 1 atom stereocenters. The van der Waals surface area contributed by atoms with Crippen molar-refractivity contribution in [2.45, 2.75) is 32.1 Å². The number of hydrogen-bond acceptors (Lipinski definition) is 2. The Bertz CT molecular complexity index is 613. The first-order chi connectivity index (χ1) is 11.1. The summed E-state index contributed by atoms with van der Waals surface area (Å²) in [7, 11) is 0. The molecule has 3 rings (SSSR count). The lowest BCUT2D eigenvalue weighted by molar-refractivity contribution is -0.135. The fraction of sp³-hybridized carbons (Fsp3) is 0.529. The van der Waals surface area contributed by atoms with Crippen LogP contribution in [0.15, 0.2) is 18.2 Å². The van der Waals surface area contributed by atoms with Gasteiger partial charge in [-0.1, -0.05) is 42.1 Å². The Labute approximate surface area is 146 Å². The number of likely N-dealkylation sites (tertiary alicyclic amines) is 1. The van der Waals surface area contributed by atoms with Gasteiger partial charge in [-0.2, -0.15) is 0 Å². The highest BCUT2D eigenvalue weighted by atomic mass is 35.5. The molecule has 6 heteroatoms. The summed E-state index contributed by atoms with van der Waals surface area (Å²) in [5, 5.41) is 0.782. The molecule has 2 heterocycles. The van der Waals surface area contributed by atoms with Crippen LogP contribution in [0.3, 0.4) is 0 Å². The number of benzene rings is 1. The Morgan fingerprint density at radius 3 is 2.48 bits per heavy atom. The second-order valence-electron chi connectivity index (χ2n) is 6.22. The van der Waals surface area contributed by atoms with Crippen molar-refractivity contribution in [2.24, 2.45) is 5.92 Å². The Balaban J connectivity index is 1.74. The topological polar surface area (TPSA) is 40.6 Å². The predicted octanol–water partition coefficient (Wildman–Crippen LogP) is 3.75. The molecule has 2 saturated heterocycles. The van der Waals surface area contributed by atoms with E-state index in [-0.39, 0.29) is 24.2 Å². The smallest absolute Gasteiger partial charge is 0.228 e. The van der Waals surface area contributed by atoms with E-state index in [4.69, 9.17) is 23.2 Å².